The summed E-state index contributed by atoms with van der Waals surface area (Å²) in [6, 6.07) is 12.0. The molecule has 0 unspecified atom stereocenters. The molecule has 2 amide bonds. The molecule has 1 aliphatic rings. The summed E-state index contributed by atoms with van der Waals surface area (Å²) in [4.78, 5) is 26.8. The number of anilines is 1. The largest absolute Gasteiger partial charge is 0.494 e. The summed E-state index contributed by atoms with van der Waals surface area (Å²) in [5.41, 5.74) is 1.55. The average Bonchev–Trinajstić information content (AvgIpc) is 2.87. The molecule has 0 aromatic heterocycles. The van der Waals surface area contributed by atoms with E-state index in [4.69, 9.17) is 27.9 Å². The zero-order chi connectivity index (χ0) is 19.6. The first kappa shape index (κ1) is 19.3. The number of imide groups is 1. The Morgan fingerprint density at radius 1 is 1.00 bits per heavy atom. The summed E-state index contributed by atoms with van der Waals surface area (Å²) in [5, 5.41) is 3.83. The standard InChI is InChI=1S/C20H18Cl2N2O3/c1-3-24-19(25)17(15-10-5-12(21)11-16(15)22)18(20(24)26)23-13-6-8-14(9-7-13)27-4-2/h5-11,23H,3-4H2,1-2H3. The summed E-state index contributed by atoms with van der Waals surface area (Å²) in [6.07, 6.45) is 0. The summed E-state index contributed by atoms with van der Waals surface area (Å²) in [6.45, 7) is 4.48. The summed E-state index contributed by atoms with van der Waals surface area (Å²) in [7, 11) is 0. The lowest BCUT2D eigenvalue weighted by atomic mass is 10.0. The van der Waals surface area contributed by atoms with Crippen molar-refractivity contribution in [3.05, 3.63) is 63.8 Å². The van der Waals surface area contributed by atoms with Gasteiger partial charge in [0.15, 0.2) is 0 Å². The number of rotatable bonds is 6. The number of nitrogens with one attached hydrogen (secondary N) is 1. The first-order valence-electron chi connectivity index (χ1n) is 8.52. The van der Waals surface area contributed by atoms with Crippen molar-refractivity contribution in [2.24, 2.45) is 0 Å². The van der Waals surface area contributed by atoms with Crippen molar-refractivity contribution in [3.8, 4) is 5.75 Å². The molecule has 0 saturated carbocycles. The van der Waals surface area contributed by atoms with Crippen LogP contribution in [0.25, 0.3) is 5.57 Å². The van der Waals surface area contributed by atoms with E-state index in [0.717, 1.165) is 5.75 Å². The van der Waals surface area contributed by atoms with Crippen molar-refractivity contribution < 1.29 is 14.3 Å². The first-order chi connectivity index (χ1) is 13.0. The van der Waals surface area contributed by atoms with Gasteiger partial charge in [-0.05, 0) is 50.2 Å². The highest BCUT2D eigenvalue weighted by atomic mass is 35.5. The predicted molar refractivity (Wildman–Crippen MR) is 107 cm³/mol. The predicted octanol–water partition coefficient (Wildman–Crippen LogP) is 4.60. The molecule has 3 rings (SSSR count). The minimum atomic E-state index is -0.391. The number of benzene rings is 2. The van der Waals surface area contributed by atoms with Crippen LogP contribution >= 0.6 is 23.2 Å². The van der Waals surface area contributed by atoms with Gasteiger partial charge in [-0.25, -0.2) is 0 Å². The van der Waals surface area contributed by atoms with Gasteiger partial charge in [-0.2, -0.15) is 0 Å². The molecule has 0 spiro atoms. The van der Waals surface area contributed by atoms with Crippen LogP contribution in [0.2, 0.25) is 10.0 Å². The average molecular weight is 405 g/mol. The molecule has 140 valence electrons. The van der Waals surface area contributed by atoms with Gasteiger partial charge in [-0.3, -0.25) is 14.5 Å². The van der Waals surface area contributed by atoms with Gasteiger partial charge in [0.1, 0.15) is 11.4 Å². The van der Waals surface area contributed by atoms with Crippen molar-refractivity contribution in [3.63, 3.8) is 0 Å². The molecule has 1 aliphatic heterocycles. The second-order valence-electron chi connectivity index (χ2n) is 5.81. The number of amides is 2. The van der Waals surface area contributed by atoms with Crippen LogP contribution in [0.4, 0.5) is 5.69 Å². The number of likely N-dealkylation sites (N-methyl/N-ethyl adjacent to an activating group) is 1. The summed E-state index contributed by atoms with van der Waals surface area (Å²) >= 11 is 12.3. The van der Waals surface area contributed by atoms with E-state index < -0.39 is 5.91 Å². The van der Waals surface area contributed by atoms with Crippen LogP contribution < -0.4 is 10.1 Å². The van der Waals surface area contributed by atoms with Crippen LogP contribution in [-0.2, 0) is 9.59 Å². The quantitative estimate of drug-likeness (QED) is 0.714. The lowest BCUT2D eigenvalue weighted by Crippen LogP contribution is -2.32. The molecule has 2 aromatic rings. The number of carbonyl (C=O) groups excluding carboxylic acids is 2. The van der Waals surface area contributed by atoms with Crippen molar-refractivity contribution in [2.45, 2.75) is 13.8 Å². The molecule has 0 radical (unpaired) electrons. The van der Waals surface area contributed by atoms with Crippen LogP contribution in [0.15, 0.2) is 48.2 Å². The summed E-state index contributed by atoms with van der Waals surface area (Å²) < 4.78 is 5.42. The van der Waals surface area contributed by atoms with Gasteiger partial charge in [-0.1, -0.05) is 29.3 Å². The van der Waals surface area contributed by atoms with Gasteiger partial charge in [0.05, 0.1) is 17.2 Å². The molecule has 7 heteroatoms. The molecule has 0 bridgehead atoms. The Morgan fingerprint density at radius 2 is 1.70 bits per heavy atom. The van der Waals surface area contributed by atoms with Gasteiger partial charge in [0.2, 0.25) is 0 Å². The number of carbonyl (C=O) groups is 2. The fourth-order valence-corrected chi connectivity index (χ4v) is 3.37. The minimum Gasteiger partial charge on any atom is -0.494 e. The lowest BCUT2D eigenvalue weighted by molar-refractivity contribution is -0.136. The maximum absolute atomic E-state index is 12.8. The first-order valence-corrected chi connectivity index (χ1v) is 9.27. The molecule has 5 nitrogen and oxygen atoms in total. The zero-order valence-electron chi connectivity index (χ0n) is 14.9. The Hall–Kier alpha value is -2.50. The molecule has 0 atom stereocenters. The zero-order valence-corrected chi connectivity index (χ0v) is 16.4. The highest BCUT2D eigenvalue weighted by Crippen LogP contribution is 2.35. The van der Waals surface area contributed by atoms with E-state index in [-0.39, 0.29) is 23.7 Å². The fourth-order valence-electron chi connectivity index (χ4n) is 2.87. The molecule has 0 aliphatic carbocycles. The highest BCUT2D eigenvalue weighted by Gasteiger charge is 2.39. The molecular formula is C20H18Cl2N2O3. The SMILES string of the molecule is CCOc1ccc(NC2=C(c3ccc(Cl)cc3Cl)C(=O)N(CC)C2=O)cc1. The third kappa shape index (κ3) is 3.80. The Labute approximate surface area is 167 Å². The molecular weight excluding hydrogens is 387 g/mol. The number of nitrogens with zero attached hydrogens (tertiary/aromatic N) is 1. The smallest absolute Gasteiger partial charge is 0.278 e. The van der Waals surface area contributed by atoms with E-state index in [2.05, 4.69) is 5.32 Å². The normalized spacial score (nSPS) is 14.1. The van der Waals surface area contributed by atoms with E-state index in [0.29, 0.717) is 27.9 Å². The van der Waals surface area contributed by atoms with E-state index in [1.165, 1.54) is 4.90 Å². The Morgan fingerprint density at radius 3 is 2.30 bits per heavy atom. The van der Waals surface area contributed by atoms with Crippen LogP contribution in [0.3, 0.4) is 0 Å². The second kappa shape index (κ2) is 8.03. The number of hydrogen-bond acceptors (Lipinski definition) is 4. The topological polar surface area (TPSA) is 58.6 Å². The van der Waals surface area contributed by atoms with Crippen LogP contribution in [0, 0.1) is 0 Å². The fraction of sp³-hybridized carbons (Fsp3) is 0.200. The van der Waals surface area contributed by atoms with Gasteiger partial charge in [-0.15, -0.1) is 0 Å². The maximum atomic E-state index is 12.8. The highest BCUT2D eigenvalue weighted by molar-refractivity contribution is 6.41. The molecule has 2 aromatic carbocycles. The molecule has 1 N–H and O–H groups in total. The number of ether oxygens (including phenoxy) is 1. The Kier molecular flexibility index (Phi) is 5.73. The van der Waals surface area contributed by atoms with Gasteiger partial charge in [0, 0.05) is 22.8 Å². The Balaban J connectivity index is 2.04. The maximum Gasteiger partial charge on any atom is 0.278 e. The third-order valence-corrected chi connectivity index (χ3v) is 4.67. The van der Waals surface area contributed by atoms with Crippen molar-refractivity contribution in [1.82, 2.24) is 4.90 Å². The molecule has 0 saturated heterocycles. The van der Waals surface area contributed by atoms with Crippen molar-refractivity contribution in [1.29, 1.82) is 0 Å². The third-order valence-electron chi connectivity index (χ3n) is 4.12. The van der Waals surface area contributed by atoms with E-state index in [1.807, 2.05) is 6.92 Å². The molecule has 27 heavy (non-hydrogen) atoms. The van der Waals surface area contributed by atoms with E-state index >= 15 is 0 Å². The van der Waals surface area contributed by atoms with Crippen LogP contribution in [0.5, 0.6) is 5.75 Å². The van der Waals surface area contributed by atoms with E-state index in [1.54, 1.807) is 49.4 Å². The lowest BCUT2D eigenvalue weighted by Gasteiger charge is -2.12. The molecule has 0 fully saturated rings. The van der Waals surface area contributed by atoms with Crippen LogP contribution in [-0.4, -0.2) is 29.9 Å². The van der Waals surface area contributed by atoms with Crippen molar-refractivity contribution in [2.75, 3.05) is 18.5 Å². The monoisotopic (exact) mass is 404 g/mol. The van der Waals surface area contributed by atoms with E-state index in [9.17, 15) is 9.59 Å². The van der Waals surface area contributed by atoms with Crippen LogP contribution in [0.1, 0.15) is 19.4 Å². The van der Waals surface area contributed by atoms with Gasteiger partial charge >= 0.3 is 0 Å². The summed E-state index contributed by atoms with van der Waals surface area (Å²) in [5.74, 6) is -0.0560. The number of halogens is 2. The minimum absolute atomic E-state index is 0.190. The van der Waals surface area contributed by atoms with Gasteiger partial charge in [0.25, 0.3) is 11.8 Å². The van der Waals surface area contributed by atoms with Crippen molar-refractivity contribution >= 4 is 46.3 Å². The Bertz CT molecular complexity index is 923. The second-order valence-corrected chi connectivity index (χ2v) is 6.65. The number of hydrogen-bond donors (Lipinski definition) is 1. The molecule has 1 heterocycles. The van der Waals surface area contributed by atoms with Gasteiger partial charge < -0.3 is 10.1 Å².